The molecule has 0 saturated heterocycles. The molecule has 2 amide bonds. The van der Waals surface area contributed by atoms with E-state index in [1.807, 2.05) is 6.92 Å². The summed E-state index contributed by atoms with van der Waals surface area (Å²) in [6.45, 7) is 5.79. The molecule has 1 aromatic rings. The van der Waals surface area contributed by atoms with Gasteiger partial charge in [0.1, 0.15) is 6.04 Å². The Bertz CT molecular complexity index is 458. The average molecular weight is 249 g/mol. The zero-order chi connectivity index (χ0) is 13.7. The molecule has 0 fully saturated rings. The molecule has 5 nitrogen and oxygen atoms in total. The summed E-state index contributed by atoms with van der Waals surface area (Å²) in [6, 6.07) is 4.57. The molecule has 18 heavy (non-hydrogen) atoms. The van der Waals surface area contributed by atoms with Crippen LogP contribution in [-0.2, 0) is 4.79 Å². The Balaban J connectivity index is 2.77. The van der Waals surface area contributed by atoms with Crippen LogP contribution in [0.4, 0.5) is 5.69 Å². The van der Waals surface area contributed by atoms with E-state index in [1.165, 1.54) is 0 Å². The van der Waals surface area contributed by atoms with Gasteiger partial charge in [-0.05, 0) is 38.5 Å². The Morgan fingerprint density at radius 2 is 2.06 bits per heavy atom. The van der Waals surface area contributed by atoms with E-state index in [2.05, 4.69) is 10.6 Å². The first kappa shape index (κ1) is 14.0. The van der Waals surface area contributed by atoms with Gasteiger partial charge in [-0.25, -0.2) is 0 Å². The summed E-state index contributed by atoms with van der Waals surface area (Å²) in [5.74, 6) is -0.494. The number of benzene rings is 1. The molecular weight excluding hydrogens is 230 g/mol. The monoisotopic (exact) mass is 249 g/mol. The lowest BCUT2D eigenvalue weighted by molar-refractivity contribution is -0.122. The van der Waals surface area contributed by atoms with Gasteiger partial charge in [0.25, 0.3) is 5.91 Å². The topological polar surface area (TPSA) is 84.2 Å². The fraction of sp³-hybridized carbons (Fsp3) is 0.385. The van der Waals surface area contributed by atoms with Crippen molar-refractivity contribution >= 4 is 17.5 Å². The van der Waals surface area contributed by atoms with Gasteiger partial charge < -0.3 is 16.4 Å². The van der Waals surface area contributed by atoms with Crippen LogP contribution < -0.4 is 16.4 Å². The van der Waals surface area contributed by atoms with Crippen LogP contribution >= 0.6 is 0 Å². The van der Waals surface area contributed by atoms with Gasteiger partial charge in [-0.15, -0.1) is 0 Å². The Labute approximate surface area is 107 Å². The van der Waals surface area contributed by atoms with Crippen molar-refractivity contribution in [2.75, 3.05) is 12.3 Å². The third kappa shape index (κ3) is 3.23. The van der Waals surface area contributed by atoms with Gasteiger partial charge in [0, 0.05) is 17.8 Å². The van der Waals surface area contributed by atoms with E-state index in [9.17, 15) is 9.59 Å². The van der Waals surface area contributed by atoms with Gasteiger partial charge in [0.2, 0.25) is 5.91 Å². The van der Waals surface area contributed by atoms with Gasteiger partial charge in [-0.1, -0.05) is 6.07 Å². The number of amides is 2. The number of likely N-dealkylation sites (N-methyl/N-ethyl adjacent to an activating group) is 1. The Kier molecular flexibility index (Phi) is 4.71. The number of nitrogen functional groups attached to an aromatic ring is 1. The molecule has 1 rings (SSSR count). The first-order valence-electron chi connectivity index (χ1n) is 5.91. The largest absolute Gasteiger partial charge is 0.398 e. The van der Waals surface area contributed by atoms with Crippen LogP contribution in [0.2, 0.25) is 0 Å². The third-order valence-corrected chi connectivity index (χ3v) is 2.71. The van der Waals surface area contributed by atoms with Crippen molar-refractivity contribution in [2.45, 2.75) is 26.8 Å². The summed E-state index contributed by atoms with van der Waals surface area (Å²) in [6.07, 6.45) is 0. The van der Waals surface area contributed by atoms with Crippen molar-refractivity contribution in [1.82, 2.24) is 10.6 Å². The van der Waals surface area contributed by atoms with Crippen molar-refractivity contribution in [3.05, 3.63) is 29.3 Å². The van der Waals surface area contributed by atoms with Crippen molar-refractivity contribution in [3.63, 3.8) is 0 Å². The Hall–Kier alpha value is -2.04. The van der Waals surface area contributed by atoms with Gasteiger partial charge in [-0.2, -0.15) is 0 Å². The number of carbonyl (C=O) groups is 2. The maximum Gasteiger partial charge on any atom is 0.252 e. The van der Waals surface area contributed by atoms with Crippen molar-refractivity contribution in [3.8, 4) is 0 Å². The molecule has 1 aromatic carbocycles. The van der Waals surface area contributed by atoms with E-state index >= 15 is 0 Å². The SMILES string of the molecule is CCNC(=O)C(C)NC(=O)c1cccc(N)c1C. The molecule has 0 aromatic heterocycles. The second-order valence-electron chi connectivity index (χ2n) is 4.11. The highest BCUT2D eigenvalue weighted by Crippen LogP contribution is 2.15. The normalized spacial score (nSPS) is 11.7. The molecule has 1 atom stereocenters. The van der Waals surface area contributed by atoms with E-state index in [0.717, 1.165) is 5.56 Å². The smallest absolute Gasteiger partial charge is 0.252 e. The minimum Gasteiger partial charge on any atom is -0.398 e. The number of nitrogens with one attached hydrogen (secondary N) is 2. The number of rotatable bonds is 4. The second-order valence-corrected chi connectivity index (χ2v) is 4.11. The third-order valence-electron chi connectivity index (χ3n) is 2.71. The number of carbonyl (C=O) groups excluding carboxylic acids is 2. The number of hydrogen-bond acceptors (Lipinski definition) is 3. The Morgan fingerprint density at radius 1 is 1.39 bits per heavy atom. The fourth-order valence-electron chi connectivity index (χ4n) is 1.57. The van der Waals surface area contributed by atoms with E-state index in [-0.39, 0.29) is 11.8 Å². The number of hydrogen-bond donors (Lipinski definition) is 3. The zero-order valence-corrected chi connectivity index (χ0v) is 10.9. The molecule has 0 heterocycles. The predicted molar refractivity (Wildman–Crippen MR) is 71.2 cm³/mol. The van der Waals surface area contributed by atoms with Crippen LogP contribution in [0.5, 0.6) is 0 Å². The van der Waals surface area contributed by atoms with Crippen LogP contribution in [0.25, 0.3) is 0 Å². The minimum absolute atomic E-state index is 0.201. The maximum absolute atomic E-state index is 12.0. The van der Waals surface area contributed by atoms with Gasteiger partial charge in [0.15, 0.2) is 0 Å². The highest BCUT2D eigenvalue weighted by molar-refractivity contribution is 5.99. The first-order chi connectivity index (χ1) is 8.47. The molecule has 0 saturated carbocycles. The van der Waals surface area contributed by atoms with E-state index < -0.39 is 6.04 Å². The minimum atomic E-state index is -0.571. The number of nitrogens with two attached hydrogens (primary N) is 1. The van der Waals surface area contributed by atoms with Gasteiger partial charge >= 0.3 is 0 Å². The van der Waals surface area contributed by atoms with Gasteiger partial charge in [0.05, 0.1) is 0 Å². The molecule has 0 spiro atoms. The first-order valence-corrected chi connectivity index (χ1v) is 5.91. The fourth-order valence-corrected chi connectivity index (χ4v) is 1.57. The quantitative estimate of drug-likeness (QED) is 0.691. The molecule has 0 aliphatic rings. The molecule has 0 aliphatic heterocycles. The second kappa shape index (κ2) is 6.05. The summed E-state index contributed by atoms with van der Waals surface area (Å²) < 4.78 is 0. The molecule has 4 N–H and O–H groups in total. The zero-order valence-electron chi connectivity index (χ0n) is 10.9. The predicted octanol–water partition coefficient (Wildman–Crippen LogP) is 0.832. The molecule has 0 bridgehead atoms. The summed E-state index contributed by atoms with van der Waals surface area (Å²) in [5.41, 5.74) is 7.51. The standard InChI is InChI=1S/C13H19N3O2/c1-4-15-12(17)9(3)16-13(18)10-6-5-7-11(14)8(10)2/h5-7,9H,4,14H2,1-3H3,(H,15,17)(H,16,18). The van der Waals surface area contributed by atoms with Gasteiger partial charge in [-0.3, -0.25) is 9.59 Å². The maximum atomic E-state index is 12.0. The van der Waals surface area contributed by atoms with Crippen LogP contribution in [0.1, 0.15) is 29.8 Å². The van der Waals surface area contributed by atoms with Crippen molar-refractivity contribution in [2.24, 2.45) is 0 Å². The lowest BCUT2D eigenvalue weighted by Crippen LogP contribution is -2.44. The summed E-state index contributed by atoms with van der Waals surface area (Å²) in [7, 11) is 0. The molecular formula is C13H19N3O2. The molecule has 1 unspecified atom stereocenters. The highest BCUT2D eigenvalue weighted by atomic mass is 16.2. The Morgan fingerprint density at radius 3 is 2.67 bits per heavy atom. The lowest BCUT2D eigenvalue weighted by atomic mass is 10.1. The van der Waals surface area contributed by atoms with E-state index in [0.29, 0.717) is 17.8 Å². The van der Waals surface area contributed by atoms with Crippen LogP contribution in [0.15, 0.2) is 18.2 Å². The van der Waals surface area contributed by atoms with Crippen LogP contribution in [0, 0.1) is 6.92 Å². The van der Waals surface area contributed by atoms with Crippen molar-refractivity contribution < 1.29 is 9.59 Å². The lowest BCUT2D eigenvalue weighted by Gasteiger charge is -2.14. The average Bonchev–Trinajstić information content (AvgIpc) is 2.32. The number of anilines is 1. The van der Waals surface area contributed by atoms with E-state index in [1.54, 1.807) is 32.0 Å². The molecule has 5 heteroatoms. The molecule has 0 aliphatic carbocycles. The summed E-state index contributed by atoms with van der Waals surface area (Å²) >= 11 is 0. The molecule has 98 valence electrons. The molecule has 0 radical (unpaired) electrons. The van der Waals surface area contributed by atoms with Crippen molar-refractivity contribution in [1.29, 1.82) is 0 Å². The van der Waals surface area contributed by atoms with Crippen LogP contribution in [0.3, 0.4) is 0 Å². The van der Waals surface area contributed by atoms with Crippen LogP contribution in [-0.4, -0.2) is 24.4 Å². The summed E-state index contributed by atoms with van der Waals surface area (Å²) in [5, 5.41) is 5.29. The summed E-state index contributed by atoms with van der Waals surface area (Å²) in [4.78, 5) is 23.5. The highest BCUT2D eigenvalue weighted by Gasteiger charge is 2.17. The van der Waals surface area contributed by atoms with E-state index in [4.69, 9.17) is 5.73 Å².